The number of halogens is 1. The third kappa shape index (κ3) is 5.21. The standard InChI is InChI=1S/C16H15FN2O2S/c17-12-3-7-14(8-4-12)22-10-16(21)19-13-5-1-11(2-6-13)9-15(18)20/h1-8H,9-10H2,(H2,18,20)(H,19,21). The van der Waals surface area contributed by atoms with Crippen LogP contribution in [0.1, 0.15) is 5.56 Å². The zero-order valence-electron chi connectivity index (χ0n) is 11.7. The zero-order valence-corrected chi connectivity index (χ0v) is 12.5. The van der Waals surface area contributed by atoms with Crippen LogP contribution in [0.2, 0.25) is 0 Å². The lowest BCUT2D eigenvalue weighted by atomic mass is 10.1. The van der Waals surface area contributed by atoms with Crippen molar-refractivity contribution in [3.8, 4) is 0 Å². The second-order valence-corrected chi connectivity index (χ2v) is 5.68. The molecule has 22 heavy (non-hydrogen) atoms. The number of carbonyl (C=O) groups excluding carboxylic acids is 2. The summed E-state index contributed by atoms with van der Waals surface area (Å²) in [5.74, 6) is -0.622. The van der Waals surface area contributed by atoms with Gasteiger partial charge in [0.25, 0.3) is 0 Å². The van der Waals surface area contributed by atoms with Gasteiger partial charge in [-0.05, 0) is 42.0 Å². The number of rotatable bonds is 6. The Kier molecular flexibility index (Phi) is 5.55. The van der Waals surface area contributed by atoms with Gasteiger partial charge in [0.1, 0.15) is 5.82 Å². The molecule has 0 saturated carbocycles. The highest BCUT2D eigenvalue weighted by atomic mass is 32.2. The highest BCUT2D eigenvalue weighted by molar-refractivity contribution is 8.00. The number of hydrogen-bond donors (Lipinski definition) is 2. The van der Waals surface area contributed by atoms with Crippen LogP contribution in [-0.2, 0) is 16.0 Å². The first kappa shape index (κ1) is 16.0. The van der Waals surface area contributed by atoms with Crippen molar-refractivity contribution in [1.29, 1.82) is 0 Å². The van der Waals surface area contributed by atoms with E-state index in [0.717, 1.165) is 10.5 Å². The third-order valence-electron chi connectivity index (χ3n) is 2.80. The molecule has 3 N–H and O–H groups in total. The van der Waals surface area contributed by atoms with E-state index in [1.807, 2.05) is 0 Å². The van der Waals surface area contributed by atoms with Crippen LogP contribution >= 0.6 is 11.8 Å². The summed E-state index contributed by atoms with van der Waals surface area (Å²) >= 11 is 1.33. The van der Waals surface area contributed by atoms with Crippen molar-refractivity contribution in [3.05, 3.63) is 59.9 Å². The SMILES string of the molecule is NC(=O)Cc1ccc(NC(=O)CSc2ccc(F)cc2)cc1. The first-order valence-corrected chi connectivity index (χ1v) is 7.57. The summed E-state index contributed by atoms with van der Waals surface area (Å²) in [6.07, 6.45) is 0.175. The molecule has 2 aromatic rings. The average Bonchev–Trinajstić information content (AvgIpc) is 2.48. The maximum atomic E-state index is 12.8. The summed E-state index contributed by atoms with van der Waals surface area (Å²) in [4.78, 5) is 23.5. The fourth-order valence-corrected chi connectivity index (χ4v) is 2.48. The quantitative estimate of drug-likeness (QED) is 0.804. The van der Waals surface area contributed by atoms with Gasteiger partial charge in [0, 0.05) is 10.6 Å². The van der Waals surface area contributed by atoms with Crippen LogP contribution in [0.4, 0.5) is 10.1 Å². The van der Waals surface area contributed by atoms with E-state index in [-0.39, 0.29) is 23.9 Å². The van der Waals surface area contributed by atoms with Gasteiger partial charge in [0.15, 0.2) is 0 Å². The summed E-state index contributed by atoms with van der Waals surface area (Å²) in [6.45, 7) is 0. The van der Waals surface area contributed by atoms with Crippen LogP contribution in [0.3, 0.4) is 0 Å². The van der Waals surface area contributed by atoms with Gasteiger partial charge in [-0.1, -0.05) is 12.1 Å². The number of nitrogens with one attached hydrogen (secondary N) is 1. The minimum absolute atomic E-state index is 0.156. The Bertz CT molecular complexity index is 657. The fourth-order valence-electron chi connectivity index (χ4n) is 1.78. The summed E-state index contributed by atoms with van der Waals surface area (Å²) in [6, 6.07) is 12.9. The zero-order chi connectivity index (χ0) is 15.9. The van der Waals surface area contributed by atoms with Crippen molar-refractivity contribution < 1.29 is 14.0 Å². The lowest BCUT2D eigenvalue weighted by Gasteiger charge is -2.06. The molecule has 0 heterocycles. The molecule has 0 aliphatic rings. The Balaban J connectivity index is 1.83. The van der Waals surface area contributed by atoms with Gasteiger partial charge in [-0.25, -0.2) is 4.39 Å². The molecule has 0 bridgehead atoms. The molecular formula is C16H15FN2O2S. The Morgan fingerprint density at radius 2 is 1.68 bits per heavy atom. The smallest absolute Gasteiger partial charge is 0.234 e. The molecule has 2 amide bonds. The predicted molar refractivity (Wildman–Crippen MR) is 85.1 cm³/mol. The van der Waals surface area contributed by atoms with Gasteiger partial charge in [0.05, 0.1) is 12.2 Å². The van der Waals surface area contributed by atoms with Gasteiger partial charge in [-0.2, -0.15) is 0 Å². The summed E-state index contributed by atoms with van der Waals surface area (Å²) in [5, 5.41) is 2.75. The molecule has 114 valence electrons. The van der Waals surface area contributed by atoms with Crippen LogP contribution < -0.4 is 11.1 Å². The number of nitrogens with two attached hydrogens (primary N) is 1. The minimum atomic E-state index is -0.396. The number of benzene rings is 2. The lowest BCUT2D eigenvalue weighted by Crippen LogP contribution is -2.15. The molecule has 0 unspecified atom stereocenters. The number of carbonyl (C=O) groups is 2. The van der Waals surface area contributed by atoms with E-state index in [0.29, 0.717) is 5.69 Å². The topological polar surface area (TPSA) is 72.2 Å². The van der Waals surface area contributed by atoms with Gasteiger partial charge in [0.2, 0.25) is 11.8 Å². The molecule has 0 saturated heterocycles. The molecule has 0 aliphatic heterocycles. The minimum Gasteiger partial charge on any atom is -0.369 e. The molecule has 0 spiro atoms. The third-order valence-corrected chi connectivity index (χ3v) is 3.81. The van der Waals surface area contributed by atoms with E-state index in [1.165, 1.54) is 23.9 Å². The first-order valence-electron chi connectivity index (χ1n) is 6.58. The molecule has 0 fully saturated rings. The van der Waals surface area contributed by atoms with Crippen LogP contribution in [0, 0.1) is 5.82 Å². The van der Waals surface area contributed by atoms with Crippen molar-refractivity contribution >= 4 is 29.3 Å². The van der Waals surface area contributed by atoms with E-state index in [4.69, 9.17) is 5.73 Å². The van der Waals surface area contributed by atoms with Crippen molar-refractivity contribution in [3.63, 3.8) is 0 Å². The number of primary amides is 1. The Hall–Kier alpha value is -2.34. The Morgan fingerprint density at radius 1 is 1.05 bits per heavy atom. The van der Waals surface area contributed by atoms with Crippen LogP contribution in [-0.4, -0.2) is 17.6 Å². The fraction of sp³-hybridized carbons (Fsp3) is 0.125. The molecule has 2 aromatic carbocycles. The first-order chi connectivity index (χ1) is 10.5. The molecule has 4 nitrogen and oxygen atoms in total. The van der Waals surface area contributed by atoms with Gasteiger partial charge >= 0.3 is 0 Å². The second-order valence-electron chi connectivity index (χ2n) is 4.63. The van der Waals surface area contributed by atoms with Gasteiger partial charge in [-0.15, -0.1) is 11.8 Å². The van der Waals surface area contributed by atoms with Gasteiger partial charge in [-0.3, -0.25) is 9.59 Å². The monoisotopic (exact) mass is 318 g/mol. The molecule has 0 radical (unpaired) electrons. The van der Waals surface area contributed by atoms with E-state index in [9.17, 15) is 14.0 Å². The number of amides is 2. The average molecular weight is 318 g/mol. The Labute approximate surface area is 131 Å². The van der Waals surface area contributed by atoms with Crippen molar-refractivity contribution in [2.45, 2.75) is 11.3 Å². The van der Waals surface area contributed by atoms with Crippen molar-refractivity contribution in [2.75, 3.05) is 11.1 Å². The summed E-state index contributed by atoms with van der Waals surface area (Å²) in [5.41, 5.74) is 6.56. The summed E-state index contributed by atoms with van der Waals surface area (Å²) in [7, 11) is 0. The molecule has 0 aliphatic carbocycles. The van der Waals surface area contributed by atoms with Crippen LogP contribution in [0.25, 0.3) is 0 Å². The molecule has 6 heteroatoms. The number of hydrogen-bond acceptors (Lipinski definition) is 3. The van der Waals surface area contributed by atoms with Gasteiger partial charge < -0.3 is 11.1 Å². The van der Waals surface area contributed by atoms with Crippen molar-refractivity contribution in [2.24, 2.45) is 5.73 Å². The van der Waals surface area contributed by atoms with E-state index in [1.54, 1.807) is 36.4 Å². The second kappa shape index (κ2) is 7.61. The van der Waals surface area contributed by atoms with Crippen LogP contribution in [0.15, 0.2) is 53.4 Å². The van der Waals surface area contributed by atoms with Crippen molar-refractivity contribution in [1.82, 2.24) is 0 Å². The maximum absolute atomic E-state index is 12.8. The number of thioether (sulfide) groups is 1. The molecule has 0 atom stereocenters. The largest absolute Gasteiger partial charge is 0.369 e. The van der Waals surface area contributed by atoms with Crippen LogP contribution in [0.5, 0.6) is 0 Å². The highest BCUT2D eigenvalue weighted by Crippen LogP contribution is 2.18. The number of anilines is 1. The molecular weight excluding hydrogens is 303 g/mol. The summed E-state index contributed by atoms with van der Waals surface area (Å²) < 4.78 is 12.8. The molecule has 2 rings (SSSR count). The highest BCUT2D eigenvalue weighted by Gasteiger charge is 2.05. The lowest BCUT2D eigenvalue weighted by molar-refractivity contribution is -0.117. The predicted octanol–water partition coefficient (Wildman–Crippen LogP) is 2.58. The van der Waals surface area contributed by atoms with E-state index >= 15 is 0 Å². The normalized spacial score (nSPS) is 10.2. The van der Waals surface area contributed by atoms with E-state index < -0.39 is 5.91 Å². The van der Waals surface area contributed by atoms with E-state index in [2.05, 4.69) is 5.32 Å². The maximum Gasteiger partial charge on any atom is 0.234 e. The molecule has 0 aromatic heterocycles. The Morgan fingerprint density at radius 3 is 2.27 bits per heavy atom.